The topological polar surface area (TPSA) is 163 Å². The molecule has 11 nitrogen and oxygen atoms in total. The number of aryl methyl sites for hydroxylation is 1. The number of methoxy groups -OCH3 is 1. The van der Waals surface area contributed by atoms with E-state index in [0.29, 0.717) is 28.0 Å². The van der Waals surface area contributed by atoms with Crippen molar-refractivity contribution in [3.05, 3.63) is 106 Å². The van der Waals surface area contributed by atoms with Crippen molar-refractivity contribution in [3.63, 3.8) is 0 Å². The maximum Gasteiger partial charge on any atom is 0.328 e. The van der Waals surface area contributed by atoms with E-state index in [1.54, 1.807) is 31.4 Å². The van der Waals surface area contributed by atoms with E-state index in [4.69, 9.17) is 44.2 Å². The zero-order chi connectivity index (χ0) is 47.1. The zero-order valence-corrected chi connectivity index (χ0v) is 42.1. The molecule has 0 bridgehead atoms. The number of ether oxygens (including phenoxy) is 3. The van der Waals surface area contributed by atoms with E-state index in [9.17, 15) is 24.0 Å². The quantitative estimate of drug-likeness (QED) is 0.0497. The monoisotopic (exact) mass is 980 g/mol. The molecule has 2 amide bonds. The smallest absolute Gasteiger partial charge is 0.328 e. The van der Waals surface area contributed by atoms with Crippen LogP contribution in [0.1, 0.15) is 126 Å². The van der Waals surface area contributed by atoms with E-state index in [1.165, 1.54) is 6.92 Å². The van der Waals surface area contributed by atoms with Gasteiger partial charge in [0.25, 0.3) is 0 Å². The summed E-state index contributed by atoms with van der Waals surface area (Å²) < 4.78 is 16.1. The van der Waals surface area contributed by atoms with E-state index in [-0.39, 0.29) is 49.8 Å². The molecule has 0 aromatic heterocycles. The maximum atomic E-state index is 13.7. The van der Waals surface area contributed by atoms with Crippen LogP contribution in [0.2, 0.25) is 5.02 Å². The van der Waals surface area contributed by atoms with Gasteiger partial charge in [0.05, 0.1) is 18.2 Å². The molecule has 4 N–H and O–H groups in total. The Morgan fingerprint density at radius 2 is 1.26 bits per heavy atom. The van der Waals surface area contributed by atoms with Crippen LogP contribution >= 0.6 is 11.6 Å². The Bertz CT molecular complexity index is 1650. The molecular weight excluding hydrogens is 908 g/mol. The third kappa shape index (κ3) is 25.8. The van der Waals surface area contributed by atoms with Crippen LogP contribution in [0.4, 0.5) is 0 Å². The Kier molecular flexibility index (Phi) is 36.7. The molecule has 3 atom stereocenters. The molecule has 0 saturated carbocycles. The molecule has 0 spiro atoms. The van der Waals surface area contributed by atoms with Gasteiger partial charge in [-0.25, -0.2) is 4.79 Å². The van der Waals surface area contributed by atoms with Crippen LogP contribution in [-0.4, -0.2) is 72.7 Å². The maximum absolute atomic E-state index is 13.7. The molecule has 0 aliphatic rings. The minimum atomic E-state index is -1.47. The van der Waals surface area contributed by atoms with Crippen LogP contribution in [0.5, 0.6) is 0 Å². The molecule has 0 radical (unpaired) electrons. The molecule has 3 rings (SSSR count). The third-order valence-corrected chi connectivity index (χ3v) is 8.08. The number of rotatable bonds is 13. The molecule has 61 heavy (non-hydrogen) atoms. The second-order valence-corrected chi connectivity index (χ2v) is 14.8. The summed E-state index contributed by atoms with van der Waals surface area (Å²) in [6.07, 6.45) is 1.16. The van der Waals surface area contributed by atoms with Gasteiger partial charge in [-0.05, 0) is 59.6 Å². The summed E-state index contributed by atoms with van der Waals surface area (Å²) in [6.45, 7) is 26.6. The first-order chi connectivity index (χ1) is 28.2. The molecule has 0 saturated heterocycles. The number of hydrogen-bond donors (Lipinski definition) is 3. The van der Waals surface area contributed by atoms with E-state index < -0.39 is 42.0 Å². The fourth-order valence-electron chi connectivity index (χ4n) is 4.62. The van der Waals surface area contributed by atoms with E-state index in [2.05, 4.69) is 10.6 Å². The number of nitrogens with one attached hydrogen (secondary N) is 2. The predicted molar refractivity (Wildman–Crippen MR) is 248 cm³/mol. The number of benzene rings is 3. The van der Waals surface area contributed by atoms with Gasteiger partial charge in [-0.15, -0.1) is 5.75 Å². The number of aldehydes is 1. The fourth-order valence-corrected chi connectivity index (χ4v) is 5.11. The van der Waals surface area contributed by atoms with Gasteiger partial charge in [0.15, 0.2) is 5.60 Å². The summed E-state index contributed by atoms with van der Waals surface area (Å²) in [6, 6.07) is 21.7. The van der Waals surface area contributed by atoms with Crippen molar-refractivity contribution < 1.29 is 58.6 Å². The Labute approximate surface area is 391 Å². The summed E-state index contributed by atoms with van der Waals surface area (Å²) in [5, 5.41) is 5.25. The molecule has 348 valence electrons. The van der Waals surface area contributed by atoms with Crippen molar-refractivity contribution in [2.24, 2.45) is 5.73 Å². The number of halogens is 1. The number of hydrogen-bond acceptors (Lipinski definition) is 10. The number of carbonyl (C=O) groups is 5. The summed E-state index contributed by atoms with van der Waals surface area (Å²) in [5.74, 6) is -2.54. The molecule has 3 unspecified atom stereocenters. The second kappa shape index (κ2) is 35.0. The van der Waals surface area contributed by atoms with Crippen molar-refractivity contribution in [2.75, 3.05) is 19.4 Å². The molecule has 3 aromatic rings. The second-order valence-electron chi connectivity index (χ2n) is 14.0. The van der Waals surface area contributed by atoms with Gasteiger partial charge in [-0.3, -0.25) is 14.4 Å². The number of carbonyl (C=O) groups excluding carboxylic acids is 5. The molecule has 0 heterocycles. The molecular formula is C47H73ClN3O8PdS-. The van der Waals surface area contributed by atoms with Gasteiger partial charge in [-0.2, -0.15) is 0 Å². The van der Waals surface area contributed by atoms with Gasteiger partial charge in [0.1, 0.15) is 17.9 Å². The molecule has 14 heteroatoms. The van der Waals surface area contributed by atoms with Crippen LogP contribution in [0, 0.1) is 0 Å². The van der Waals surface area contributed by atoms with Gasteiger partial charge < -0.3 is 48.0 Å². The minimum Gasteiger partial charge on any atom is -0.790 e. The van der Waals surface area contributed by atoms with Gasteiger partial charge >= 0.3 is 11.9 Å². The predicted octanol–water partition coefficient (Wildman–Crippen LogP) is 8.66. The SMILES string of the molecule is CC.CC.CC.CC(=O)OC(C)(C)C.CCc1ccc(C(OC(=O)C(C[S-])NC(=O)CNC(=O)C(N)CC=O)(c2ccccc2)c2ccccc2Cl)cc1.COC(C)(C)C.[Pd]. The Morgan fingerprint density at radius 3 is 1.66 bits per heavy atom. The zero-order valence-electron chi connectivity index (χ0n) is 39.0. The largest absolute Gasteiger partial charge is 0.790 e. The first-order valence-corrected chi connectivity index (χ1v) is 21.4. The van der Waals surface area contributed by atoms with Crippen LogP contribution < -0.4 is 16.4 Å². The number of nitrogens with two attached hydrogens (primary N) is 1. The van der Waals surface area contributed by atoms with Crippen molar-refractivity contribution >= 4 is 54.3 Å². The first-order valence-electron chi connectivity index (χ1n) is 20.5. The van der Waals surface area contributed by atoms with Crippen molar-refractivity contribution in [2.45, 2.75) is 139 Å². The number of amides is 2. The average molecular weight is 982 g/mol. The molecule has 0 aliphatic heterocycles. The fraction of sp³-hybridized carbons (Fsp3) is 0.511. The van der Waals surface area contributed by atoms with Gasteiger partial charge in [0.2, 0.25) is 11.8 Å². The van der Waals surface area contributed by atoms with E-state index >= 15 is 0 Å². The van der Waals surface area contributed by atoms with Crippen molar-refractivity contribution in [1.82, 2.24) is 10.6 Å². The minimum absolute atomic E-state index is 0. The van der Waals surface area contributed by atoms with Crippen LogP contribution in [0.25, 0.3) is 0 Å². The van der Waals surface area contributed by atoms with Crippen LogP contribution in [-0.2, 0) is 83.3 Å². The van der Waals surface area contributed by atoms with E-state index in [0.717, 1.165) is 12.0 Å². The normalized spacial score (nSPS) is 12.0. The van der Waals surface area contributed by atoms with Crippen molar-refractivity contribution in [3.8, 4) is 0 Å². The van der Waals surface area contributed by atoms with Crippen molar-refractivity contribution in [1.29, 1.82) is 0 Å². The van der Waals surface area contributed by atoms with Crippen LogP contribution in [0.3, 0.4) is 0 Å². The molecule has 3 aromatic carbocycles. The first kappa shape index (κ1) is 64.1. The molecule has 0 aliphatic carbocycles. The van der Waals surface area contributed by atoms with Crippen LogP contribution in [0.15, 0.2) is 78.9 Å². The summed E-state index contributed by atoms with van der Waals surface area (Å²) in [5.41, 5.74) is 6.76. The standard InChI is InChI=1S/C30H32ClN3O5S.C6H12O2.C5H12O.3C2H6.Pd/c1-2-20-12-14-22(15-13-20)30(21-8-4-3-5-9-21,23-10-6-7-11-24(23)31)39-29(38)26(19-40)34-27(36)18-33-28(37)25(32)16-17-35;1-5(7)8-6(2,3)4;1-5(2,3)6-4;3*1-2;/h3-15,17,25-26,40H,2,16,18-19,32H2,1H3,(H,33,37)(H,34,36);1-4H3;1-4H3;3*1-2H3;/p-1. The van der Waals surface area contributed by atoms with Gasteiger partial charge in [-0.1, -0.05) is 133 Å². The average Bonchev–Trinajstić information content (AvgIpc) is 3.23. The summed E-state index contributed by atoms with van der Waals surface area (Å²) in [7, 11) is 1.71. The Morgan fingerprint density at radius 1 is 0.787 bits per heavy atom. The molecule has 0 fully saturated rings. The third-order valence-electron chi connectivity index (χ3n) is 7.41. The van der Waals surface area contributed by atoms with E-state index in [1.807, 2.05) is 145 Å². The Hall–Kier alpha value is -3.57. The summed E-state index contributed by atoms with van der Waals surface area (Å²) in [4.78, 5) is 59.1. The Balaban J connectivity index is -0.000000648. The summed E-state index contributed by atoms with van der Waals surface area (Å²) >= 11 is 11.9. The number of esters is 2. The van der Waals surface area contributed by atoms with Gasteiger partial charge in [0, 0.05) is 62.6 Å².